The van der Waals surface area contributed by atoms with Crippen LogP contribution in [-0.2, 0) is 0 Å². The van der Waals surface area contributed by atoms with E-state index in [0.29, 0.717) is 6.42 Å². The van der Waals surface area contributed by atoms with E-state index < -0.39 is 0 Å². The first kappa shape index (κ1) is 14.7. The summed E-state index contributed by atoms with van der Waals surface area (Å²) in [6.07, 6.45) is 1.36. The standard InChI is InChI=1S/C14H19N3O2S/c1-3-10(6-7-18)16-14(19)17-11-4-5-12-13(8-11)20-9(2)15-12/h4-5,8,10,18H,3,6-7H2,1-2H3,(H2,16,17,19). The summed E-state index contributed by atoms with van der Waals surface area (Å²) in [7, 11) is 0. The fourth-order valence-corrected chi connectivity index (χ4v) is 2.87. The molecule has 108 valence electrons. The Morgan fingerprint density at radius 2 is 2.30 bits per heavy atom. The van der Waals surface area contributed by atoms with Crippen LogP contribution in [0.5, 0.6) is 0 Å². The van der Waals surface area contributed by atoms with Crippen LogP contribution in [0.1, 0.15) is 24.8 Å². The van der Waals surface area contributed by atoms with E-state index in [0.717, 1.165) is 27.3 Å². The number of amides is 2. The smallest absolute Gasteiger partial charge is 0.319 e. The third-order valence-electron chi connectivity index (χ3n) is 3.06. The number of aromatic nitrogens is 1. The van der Waals surface area contributed by atoms with Crippen LogP contribution in [0.3, 0.4) is 0 Å². The summed E-state index contributed by atoms with van der Waals surface area (Å²) in [5.74, 6) is 0. The van der Waals surface area contributed by atoms with Gasteiger partial charge in [0.05, 0.1) is 15.2 Å². The molecule has 3 N–H and O–H groups in total. The zero-order valence-electron chi connectivity index (χ0n) is 11.6. The first-order chi connectivity index (χ1) is 9.62. The van der Waals surface area contributed by atoms with Crippen LogP contribution >= 0.6 is 11.3 Å². The van der Waals surface area contributed by atoms with Crippen LogP contribution in [0.2, 0.25) is 0 Å². The molecule has 0 saturated carbocycles. The van der Waals surface area contributed by atoms with Crippen LogP contribution in [-0.4, -0.2) is 28.8 Å². The number of rotatable bonds is 5. The number of anilines is 1. The molecule has 1 unspecified atom stereocenters. The van der Waals surface area contributed by atoms with E-state index in [9.17, 15) is 4.79 Å². The molecule has 0 aliphatic rings. The average Bonchev–Trinajstić information content (AvgIpc) is 2.77. The molecule has 2 amide bonds. The highest BCUT2D eigenvalue weighted by molar-refractivity contribution is 7.18. The van der Waals surface area contributed by atoms with Crippen molar-refractivity contribution in [2.75, 3.05) is 11.9 Å². The van der Waals surface area contributed by atoms with Crippen LogP contribution in [0.15, 0.2) is 18.2 Å². The van der Waals surface area contributed by atoms with Gasteiger partial charge in [-0.25, -0.2) is 9.78 Å². The SMILES string of the molecule is CCC(CCO)NC(=O)Nc1ccc2nc(C)sc2c1. The highest BCUT2D eigenvalue weighted by Gasteiger charge is 2.10. The Morgan fingerprint density at radius 1 is 1.50 bits per heavy atom. The minimum Gasteiger partial charge on any atom is -0.396 e. The van der Waals surface area contributed by atoms with Gasteiger partial charge < -0.3 is 15.7 Å². The Hall–Kier alpha value is -1.66. The van der Waals surface area contributed by atoms with Crippen molar-refractivity contribution >= 4 is 33.3 Å². The van der Waals surface area contributed by atoms with Gasteiger partial charge in [0.2, 0.25) is 0 Å². The number of nitrogens with zero attached hydrogens (tertiary/aromatic N) is 1. The van der Waals surface area contributed by atoms with Crippen LogP contribution in [0.4, 0.5) is 10.5 Å². The summed E-state index contributed by atoms with van der Waals surface area (Å²) in [6, 6.07) is 5.42. The van der Waals surface area contributed by atoms with E-state index in [1.807, 2.05) is 32.0 Å². The Kier molecular flexibility index (Phi) is 4.92. The molecular weight excluding hydrogens is 274 g/mol. The maximum atomic E-state index is 11.9. The van der Waals surface area contributed by atoms with E-state index in [-0.39, 0.29) is 18.7 Å². The summed E-state index contributed by atoms with van der Waals surface area (Å²) in [4.78, 5) is 16.3. The normalized spacial score (nSPS) is 12.3. The van der Waals surface area contributed by atoms with Crippen LogP contribution in [0, 0.1) is 6.92 Å². The van der Waals surface area contributed by atoms with E-state index in [4.69, 9.17) is 5.11 Å². The highest BCUT2D eigenvalue weighted by Crippen LogP contribution is 2.24. The first-order valence-electron chi connectivity index (χ1n) is 6.68. The monoisotopic (exact) mass is 293 g/mol. The van der Waals surface area contributed by atoms with Gasteiger partial charge in [0.1, 0.15) is 0 Å². The molecule has 1 heterocycles. The lowest BCUT2D eigenvalue weighted by Gasteiger charge is -2.16. The number of aliphatic hydroxyl groups excluding tert-OH is 1. The number of aryl methyl sites for hydroxylation is 1. The number of benzene rings is 1. The maximum Gasteiger partial charge on any atom is 0.319 e. The highest BCUT2D eigenvalue weighted by atomic mass is 32.1. The average molecular weight is 293 g/mol. The lowest BCUT2D eigenvalue weighted by molar-refractivity contribution is 0.237. The lowest BCUT2D eigenvalue weighted by atomic mass is 10.2. The van der Waals surface area contributed by atoms with Gasteiger partial charge >= 0.3 is 6.03 Å². The molecule has 2 aromatic rings. The fraction of sp³-hybridized carbons (Fsp3) is 0.429. The second kappa shape index (κ2) is 6.67. The number of hydrogen-bond acceptors (Lipinski definition) is 4. The Morgan fingerprint density at radius 3 is 3.00 bits per heavy atom. The molecule has 5 nitrogen and oxygen atoms in total. The number of fused-ring (bicyclic) bond motifs is 1. The van der Waals surface area contributed by atoms with E-state index in [1.165, 1.54) is 0 Å². The summed E-state index contributed by atoms with van der Waals surface area (Å²) in [5, 5.41) is 15.6. The molecular formula is C14H19N3O2S. The largest absolute Gasteiger partial charge is 0.396 e. The van der Waals surface area contributed by atoms with Crippen molar-refractivity contribution in [3.05, 3.63) is 23.2 Å². The van der Waals surface area contributed by atoms with Gasteiger partial charge in [-0.1, -0.05) is 6.92 Å². The Balaban J connectivity index is 2.01. The number of thiazole rings is 1. The van der Waals surface area contributed by atoms with Gasteiger partial charge in [0, 0.05) is 18.3 Å². The van der Waals surface area contributed by atoms with Crippen molar-refractivity contribution in [2.45, 2.75) is 32.7 Å². The second-order valence-electron chi connectivity index (χ2n) is 4.63. The summed E-state index contributed by atoms with van der Waals surface area (Å²) < 4.78 is 1.06. The number of aliphatic hydroxyl groups is 1. The van der Waals surface area contributed by atoms with Crippen molar-refractivity contribution in [1.29, 1.82) is 0 Å². The number of nitrogens with one attached hydrogen (secondary N) is 2. The molecule has 6 heteroatoms. The van der Waals surface area contributed by atoms with Gasteiger partial charge in [-0.3, -0.25) is 0 Å². The number of hydrogen-bond donors (Lipinski definition) is 3. The van der Waals surface area contributed by atoms with Gasteiger partial charge in [-0.05, 0) is 38.0 Å². The number of carbonyl (C=O) groups excluding carboxylic acids is 1. The van der Waals surface area contributed by atoms with E-state index in [1.54, 1.807) is 11.3 Å². The molecule has 0 saturated heterocycles. The van der Waals surface area contributed by atoms with Crippen molar-refractivity contribution in [3.8, 4) is 0 Å². The molecule has 20 heavy (non-hydrogen) atoms. The summed E-state index contributed by atoms with van der Waals surface area (Å²) in [5.41, 5.74) is 1.70. The van der Waals surface area contributed by atoms with E-state index in [2.05, 4.69) is 15.6 Å². The van der Waals surface area contributed by atoms with Crippen LogP contribution < -0.4 is 10.6 Å². The predicted octanol–water partition coefficient (Wildman–Crippen LogP) is 2.89. The summed E-state index contributed by atoms with van der Waals surface area (Å²) in [6.45, 7) is 4.02. The van der Waals surface area contributed by atoms with E-state index >= 15 is 0 Å². The van der Waals surface area contributed by atoms with Gasteiger partial charge in [-0.15, -0.1) is 11.3 Å². The predicted molar refractivity (Wildman–Crippen MR) is 82.3 cm³/mol. The number of carbonyl (C=O) groups is 1. The van der Waals surface area contributed by atoms with Crippen molar-refractivity contribution in [3.63, 3.8) is 0 Å². The molecule has 2 rings (SSSR count). The Labute approximate surface area is 122 Å². The van der Waals surface area contributed by atoms with Crippen molar-refractivity contribution in [1.82, 2.24) is 10.3 Å². The molecule has 0 bridgehead atoms. The maximum absolute atomic E-state index is 11.9. The van der Waals surface area contributed by atoms with Crippen molar-refractivity contribution < 1.29 is 9.90 Å². The van der Waals surface area contributed by atoms with Gasteiger partial charge in [0.25, 0.3) is 0 Å². The van der Waals surface area contributed by atoms with Crippen LogP contribution in [0.25, 0.3) is 10.2 Å². The zero-order valence-corrected chi connectivity index (χ0v) is 12.5. The Bertz CT molecular complexity index is 597. The molecule has 0 fully saturated rings. The lowest BCUT2D eigenvalue weighted by Crippen LogP contribution is -2.38. The molecule has 0 aliphatic heterocycles. The number of urea groups is 1. The molecule has 1 aromatic heterocycles. The fourth-order valence-electron chi connectivity index (χ4n) is 2.00. The minimum absolute atomic E-state index is 0.00520. The molecule has 0 aliphatic carbocycles. The second-order valence-corrected chi connectivity index (χ2v) is 5.87. The third-order valence-corrected chi connectivity index (χ3v) is 3.99. The molecule has 0 spiro atoms. The molecule has 0 radical (unpaired) electrons. The molecule has 1 aromatic carbocycles. The quantitative estimate of drug-likeness (QED) is 0.793. The topological polar surface area (TPSA) is 74.2 Å². The molecule has 1 atom stereocenters. The van der Waals surface area contributed by atoms with Crippen molar-refractivity contribution in [2.24, 2.45) is 0 Å². The van der Waals surface area contributed by atoms with Gasteiger partial charge in [-0.2, -0.15) is 0 Å². The summed E-state index contributed by atoms with van der Waals surface area (Å²) >= 11 is 1.60. The first-order valence-corrected chi connectivity index (χ1v) is 7.49. The third kappa shape index (κ3) is 3.68. The zero-order chi connectivity index (χ0) is 14.5. The van der Waals surface area contributed by atoms with Gasteiger partial charge in [0.15, 0.2) is 0 Å². The minimum atomic E-state index is -0.245.